The lowest BCUT2D eigenvalue weighted by Crippen LogP contribution is -2.26. The second-order valence-corrected chi connectivity index (χ2v) is 4.58. The van der Waals surface area contributed by atoms with Gasteiger partial charge in [-0.25, -0.2) is 4.98 Å². The summed E-state index contributed by atoms with van der Waals surface area (Å²) in [7, 11) is 0. The molecule has 1 heterocycles. The highest BCUT2D eigenvalue weighted by atomic mass is 32.1. The topological polar surface area (TPSA) is 51.2 Å². The van der Waals surface area contributed by atoms with Crippen LogP contribution in [0.2, 0.25) is 0 Å². The second-order valence-electron chi connectivity index (χ2n) is 4.13. The Morgan fingerprint density at radius 1 is 1.20 bits per heavy atom. The van der Waals surface area contributed by atoms with Crippen LogP contribution in [0.5, 0.6) is 5.75 Å². The van der Waals surface area contributed by atoms with Gasteiger partial charge in [-0.1, -0.05) is 30.3 Å². The first kappa shape index (κ1) is 14.4. The molecule has 0 aliphatic rings. The predicted molar refractivity (Wildman–Crippen MR) is 81.2 cm³/mol. The Hall–Kier alpha value is -2.01. The maximum Gasteiger partial charge on any atom is 0.269 e. The fourth-order valence-corrected chi connectivity index (χ4v) is 1.71. The van der Waals surface area contributed by atoms with Gasteiger partial charge in [0.15, 0.2) is 0 Å². The summed E-state index contributed by atoms with van der Waals surface area (Å²) in [6.45, 7) is 1.00. The summed E-state index contributed by atoms with van der Waals surface area (Å²) in [5, 5.41) is 2.71. The molecule has 0 spiro atoms. The van der Waals surface area contributed by atoms with Crippen LogP contribution in [0.25, 0.3) is 0 Å². The Kier molecular flexibility index (Phi) is 5.43. The number of rotatable bonds is 6. The fourth-order valence-electron chi connectivity index (χ4n) is 1.60. The van der Waals surface area contributed by atoms with Gasteiger partial charge in [-0.05, 0) is 17.7 Å². The standard InChI is InChI=1S/C15H16N2O2S/c18-15(16-8-9-20)14-7-6-13(10-17-14)19-11-12-4-2-1-3-5-12/h1-7,10,20H,8-9,11H2,(H,16,18). The summed E-state index contributed by atoms with van der Waals surface area (Å²) in [6, 6.07) is 13.3. The van der Waals surface area contributed by atoms with Crippen molar-refractivity contribution in [1.29, 1.82) is 0 Å². The molecule has 0 bridgehead atoms. The molecule has 0 saturated carbocycles. The molecule has 0 fully saturated rings. The van der Waals surface area contributed by atoms with Gasteiger partial charge in [0.1, 0.15) is 18.1 Å². The molecule has 0 saturated heterocycles. The van der Waals surface area contributed by atoms with E-state index >= 15 is 0 Å². The minimum absolute atomic E-state index is 0.200. The van der Waals surface area contributed by atoms with E-state index in [0.29, 0.717) is 30.3 Å². The molecule has 1 aromatic carbocycles. The van der Waals surface area contributed by atoms with Crippen molar-refractivity contribution in [1.82, 2.24) is 10.3 Å². The van der Waals surface area contributed by atoms with Crippen molar-refractivity contribution in [2.75, 3.05) is 12.3 Å². The zero-order valence-corrected chi connectivity index (χ0v) is 11.8. The predicted octanol–water partition coefficient (Wildman–Crippen LogP) is 2.32. The molecule has 2 aromatic rings. The van der Waals surface area contributed by atoms with Gasteiger partial charge in [0.05, 0.1) is 6.20 Å². The molecule has 4 nitrogen and oxygen atoms in total. The summed E-state index contributed by atoms with van der Waals surface area (Å²) in [5.74, 6) is 1.04. The molecular formula is C15H16N2O2S. The van der Waals surface area contributed by atoms with Gasteiger partial charge in [0, 0.05) is 12.3 Å². The lowest BCUT2D eigenvalue weighted by molar-refractivity contribution is 0.0951. The van der Waals surface area contributed by atoms with E-state index in [2.05, 4.69) is 22.9 Å². The van der Waals surface area contributed by atoms with E-state index in [9.17, 15) is 4.79 Å². The van der Waals surface area contributed by atoms with Crippen molar-refractivity contribution < 1.29 is 9.53 Å². The first-order valence-corrected chi connectivity index (χ1v) is 6.94. The van der Waals surface area contributed by atoms with Crippen molar-refractivity contribution in [2.24, 2.45) is 0 Å². The van der Waals surface area contributed by atoms with Gasteiger partial charge in [-0.15, -0.1) is 0 Å². The number of aromatic nitrogens is 1. The molecule has 1 N–H and O–H groups in total. The van der Waals surface area contributed by atoms with Gasteiger partial charge in [0.2, 0.25) is 0 Å². The van der Waals surface area contributed by atoms with Gasteiger partial charge in [0.25, 0.3) is 5.91 Å². The Morgan fingerprint density at radius 3 is 2.65 bits per heavy atom. The van der Waals surface area contributed by atoms with Crippen LogP contribution in [0, 0.1) is 0 Å². The molecule has 0 aliphatic carbocycles. The van der Waals surface area contributed by atoms with E-state index < -0.39 is 0 Å². The lowest BCUT2D eigenvalue weighted by atomic mass is 10.2. The monoisotopic (exact) mass is 288 g/mol. The first-order valence-electron chi connectivity index (χ1n) is 6.31. The smallest absolute Gasteiger partial charge is 0.269 e. The van der Waals surface area contributed by atoms with E-state index in [1.807, 2.05) is 30.3 Å². The average molecular weight is 288 g/mol. The Morgan fingerprint density at radius 2 is 2.00 bits per heavy atom. The molecule has 5 heteroatoms. The minimum Gasteiger partial charge on any atom is -0.487 e. The second kappa shape index (κ2) is 7.55. The number of ether oxygens (including phenoxy) is 1. The van der Waals surface area contributed by atoms with Crippen LogP contribution in [0.3, 0.4) is 0 Å². The summed E-state index contributed by atoms with van der Waals surface area (Å²) in [4.78, 5) is 15.7. The molecule has 104 valence electrons. The molecule has 2 rings (SSSR count). The molecule has 0 atom stereocenters. The average Bonchev–Trinajstić information content (AvgIpc) is 2.52. The van der Waals surface area contributed by atoms with Crippen molar-refractivity contribution in [2.45, 2.75) is 6.61 Å². The highest BCUT2D eigenvalue weighted by molar-refractivity contribution is 7.80. The maximum absolute atomic E-state index is 11.6. The van der Waals surface area contributed by atoms with E-state index in [-0.39, 0.29) is 5.91 Å². The quantitative estimate of drug-likeness (QED) is 0.802. The summed E-state index contributed by atoms with van der Waals surface area (Å²) in [5.41, 5.74) is 1.46. The van der Waals surface area contributed by atoms with Gasteiger partial charge in [-0.2, -0.15) is 12.6 Å². The molecule has 1 amide bonds. The van der Waals surface area contributed by atoms with Gasteiger partial charge < -0.3 is 10.1 Å². The molecule has 0 radical (unpaired) electrons. The van der Waals surface area contributed by atoms with E-state index in [4.69, 9.17) is 4.74 Å². The summed E-state index contributed by atoms with van der Waals surface area (Å²) in [6.07, 6.45) is 1.55. The van der Waals surface area contributed by atoms with E-state index in [0.717, 1.165) is 5.56 Å². The highest BCUT2D eigenvalue weighted by Gasteiger charge is 2.06. The third-order valence-electron chi connectivity index (χ3n) is 2.61. The van der Waals surface area contributed by atoms with Crippen LogP contribution in [-0.4, -0.2) is 23.2 Å². The number of thiol groups is 1. The Bertz CT molecular complexity index is 544. The van der Waals surface area contributed by atoms with Crippen LogP contribution < -0.4 is 10.1 Å². The van der Waals surface area contributed by atoms with Gasteiger partial charge in [-0.3, -0.25) is 4.79 Å². The number of hydrogen-bond donors (Lipinski definition) is 2. The normalized spacial score (nSPS) is 10.1. The van der Waals surface area contributed by atoms with Crippen molar-refractivity contribution in [3.8, 4) is 5.75 Å². The largest absolute Gasteiger partial charge is 0.487 e. The highest BCUT2D eigenvalue weighted by Crippen LogP contribution is 2.11. The minimum atomic E-state index is -0.200. The number of hydrogen-bond acceptors (Lipinski definition) is 4. The molecular weight excluding hydrogens is 272 g/mol. The van der Waals surface area contributed by atoms with Crippen LogP contribution in [0.15, 0.2) is 48.7 Å². The van der Waals surface area contributed by atoms with Crippen molar-refractivity contribution in [3.05, 3.63) is 59.9 Å². The number of nitrogens with zero attached hydrogens (tertiary/aromatic N) is 1. The van der Waals surface area contributed by atoms with E-state index in [1.54, 1.807) is 18.3 Å². The first-order chi connectivity index (χ1) is 9.79. The van der Waals surface area contributed by atoms with E-state index in [1.165, 1.54) is 0 Å². The fraction of sp³-hybridized carbons (Fsp3) is 0.200. The third kappa shape index (κ3) is 4.28. The maximum atomic E-state index is 11.6. The SMILES string of the molecule is O=C(NCCS)c1ccc(OCc2ccccc2)cn1. The molecule has 0 aliphatic heterocycles. The van der Waals surface area contributed by atoms with Crippen molar-refractivity contribution in [3.63, 3.8) is 0 Å². The zero-order valence-electron chi connectivity index (χ0n) is 11.0. The molecule has 20 heavy (non-hydrogen) atoms. The lowest BCUT2D eigenvalue weighted by Gasteiger charge is -2.07. The summed E-state index contributed by atoms with van der Waals surface area (Å²) < 4.78 is 5.60. The number of pyridine rings is 1. The zero-order chi connectivity index (χ0) is 14.2. The van der Waals surface area contributed by atoms with Gasteiger partial charge >= 0.3 is 0 Å². The summed E-state index contributed by atoms with van der Waals surface area (Å²) >= 11 is 4.03. The molecule has 1 aromatic heterocycles. The Balaban J connectivity index is 1.90. The number of benzene rings is 1. The van der Waals surface area contributed by atoms with Crippen LogP contribution in [0.1, 0.15) is 16.1 Å². The Labute approximate surface area is 123 Å². The number of carbonyl (C=O) groups excluding carboxylic acids is 1. The number of nitrogens with one attached hydrogen (secondary N) is 1. The third-order valence-corrected chi connectivity index (χ3v) is 2.84. The van der Waals surface area contributed by atoms with Crippen LogP contribution in [0.4, 0.5) is 0 Å². The van der Waals surface area contributed by atoms with Crippen LogP contribution >= 0.6 is 12.6 Å². The van der Waals surface area contributed by atoms with Crippen LogP contribution in [-0.2, 0) is 6.61 Å². The number of amides is 1. The molecule has 0 unspecified atom stereocenters. The number of carbonyl (C=O) groups is 1. The van der Waals surface area contributed by atoms with Crippen molar-refractivity contribution >= 4 is 18.5 Å².